The lowest BCUT2D eigenvalue weighted by molar-refractivity contribution is -0.384. The fraction of sp³-hybridized carbons (Fsp3) is 0.250. The van der Waals surface area contributed by atoms with Crippen molar-refractivity contribution in [2.24, 2.45) is 16.6 Å². The second-order valence-electron chi connectivity index (χ2n) is 15.3. The van der Waals surface area contributed by atoms with E-state index in [-0.39, 0.29) is 64.6 Å². The van der Waals surface area contributed by atoms with Gasteiger partial charge in [-0.3, -0.25) is 45.1 Å². The Balaban J connectivity index is 0.000000234. The number of nitro groups is 3. The number of pyridine rings is 3. The second kappa shape index (κ2) is 20.7. The molecule has 0 bridgehead atoms. The summed E-state index contributed by atoms with van der Waals surface area (Å²) in [7, 11) is 0. The maximum atomic E-state index is 11.8. The van der Waals surface area contributed by atoms with Crippen molar-refractivity contribution in [3.63, 3.8) is 0 Å². The topological polar surface area (TPSA) is 297 Å². The van der Waals surface area contributed by atoms with Crippen LogP contribution in [-0.2, 0) is 0 Å². The summed E-state index contributed by atoms with van der Waals surface area (Å²) in [6.07, 6.45) is 3.93. The first kappa shape index (κ1) is 49.6. The molecule has 3 aromatic carbocycles. The molecule has 62 heavy (non-hydrogen) atoms. The molecule has 0 unspecified atom stereocenters. The van der Waals surface area contributed by atoms with Gasteiger partial charge in [0.05, 0.1) is 73.6 Å². The predicted octanol–water partition coefficient (Wildman–Crippen LogP) is 10.4. The number of nitriles is 3. The Morgan fingerprint density at radius 3 is 1.53 bits per heavy atom. The van der Waals surface area contributed by atoms with Crippen LogP contribution < -0.4 is 16.5 Å². The number of nitrogens with zero attached hydrogens (tertiary/aromatic N) is 8. The number of aromatic nitrogens is 3. The van der Waals surface area contributed by atoms with Crippen LogP contribution in [-0.4, -0.2) is 42.8 Å². The zero-order chi connectivity index (χ0) is 46.9. The summed E-state index contributed by atoms with van der Waals surface area (Å²) in [5.41, 5.74) is 6.34. The summed E-state index contributed by atoms with van der Waals surface area (Å²) in [4.78, 5) is 53.1. The van der Waals surface area contributed by atoms with E-state index in [9.17, 15) is 40.4 Å². The minimum absolute atomic E-state index is 0.0210. The van der Waals surface area contributed by atoms with E-state index in [1.54, 1.807) is 6.07 Å². The molecule has 0 radical (unpaired) electrons. The molecule has 18 nitrogen and oxygen atoms in total. The maximum absolute atomic E-state index is 11.8. The second-order valence-corrected chi connectivity index (χ2v) is 16.9. The van der Waals surface area contributed by atoms with Crippen LogP contribution in [0.15, 0.2) is 59.8 Å². The van der Waals surface area contributed by atoms with Crippen molar-refractivity contribution in [1.82, 2.24) is 15.0 Å². The summed E-state index contributed by atoms with van der Waals surface area (Å²) in [5, 5.41) is 63.6. The van der Waals surface area contributed by atoms with Gasteiger partial charge in [-0.15, -0.1) is 0 Å². The number of benzene rings is 3. The monoisotopic (exact) mass is 921 g/mol. The highest BCUT2D eigenvalue weighted by molar-refractivity contribution is 6.40. The number of nitrogens with two attached hydrogens (primary N) is 1. The van der Waals surface area contributed by atoms with E-state index in [1.807, 2.05) is 26.8 Å². The third-order valence-electron chi connectivity index (χ3n) is 8.08. The lowest BCUT2D eigenvalue weighted by Gasteiger charge is -2.21. The lowest BCUT2D eigenvalue weighted by Crippen LogP contribution is -2.19. The van der Waals surface area contributed by atoms with Crippen LogP contribution in [0.1, 0.15) is 58.2 Å². The van der Waals surface area contributed by atoms with E-state index in [2.05, 4.69) is 47.1 Å². The zero-order valence-electron chi connectivity index (χ0n) is 33.6. The van der Waals surface area contributed by atoms with Crippen molar-refractivity contribution in [3.05, 3.63) is 132 Å². The van der Waals surface area contributed by atoms with Gasteiger partial charge in [-0.05, 0) is 17.4 Å². The molecule has 4 N–H and O–H groups in total. The summed E-state index contributed by atoms with van der Waals surface area (Å²) < 4.78 is 0. The molecule has 6 rings (SSSR count). The number of fused-ring (bicyclic) bond motifs is 3. The van der Waals surface area contributed by atoms with Gasteiger partial charge in [0.2, 0.25) is 5.43 Å². The third kappa shape index (κ3) is 12.7. The number of nitro benzene ring substituents is 3. The minimum atomic E-state index is -0.649. The van der Waals surface area contributed by atoms with Gasteiger partial charge >= 0.3 is 0 Å². The Morgan fingerprint density at radius 2 is 1.10 bits per heavy atom. The third-order valence-corrected chi connectivity index (χ3v) is 9.36. The number of hydrogen-bond donors (Lipinski definition) is 3. The fourth-order valence-corrected chi connectivity index (χ4v) is 5.87. The average Bonchev–Trinajstić information content (AvgIpc) is 3.20. The number of rotatable bonds is 5. The van der Waals surface area contributed by atoms with Crippen LogP contribution in [0.2, 0.25) is 20.1 Å². The molecule has 0 aliphatic carbocycles. The summed E-state index contributed by atoms with van der Waals surface area (Å²) >= 11 is 23.7. The quantitative estimate of drug-likeness (QED) is 0.107. The largest absolute Gasteiger partial charge is 0.383 e. The molecular formula is C40H35Cl4N11O7. The van der Waals surface area contributed by atoms with Crippen molar-refractivity contribution < 1.29 is 14.8 Å². The van der Waals surface area contributed by atoms with Crippen molar-refractivity contribution in [1.29, 1.82) is 15.8 Å². The average molecular weight is 924 g/mol. The summed E-state index contributed by atoms with van der Waals surface area (Å²) in [6, 6.07) is 12.9. The van der Waals surface area contributed by atoms with Crippen LogP contribution in [0.4, 0.5) is 22.7 Å². The van der Waals surface area contributed by atoms with E-state index in [1.165, 1.54) is 42.9 Å². The Hall–Kier alpha value is -6.72. The number of non-ortho nitro benzene ring substituents is 3. The highest BCUT2D eigenvalue weighted by atomic mass is 35.5. The molecule has 0 fully saturated rings. The SMILES string of the molecule is CC(C)(C)CN.CC(C)(C)CNc1c(C#N)cnc2c(Cl)cc([N+](=O)[O-])cc12.N#Cc1c[nH]c2c(Cl)cc([N+](=O)[O-])cc2c1=O.N#Cc1cnc2c(Cl)cc([N+](=O)[O-])cc2c1Cl. The van der Waals surface area contributed by atoms with Gasteiger partial charge in [0.25, 0.3) is 17.1 Å². The maximum Gasteiger partial charge on any atom is 0.271 e. The Labute approximate surface area is 372 Å². The van der Waals surface area contributed by atoms with Gasteiger partial charge < -0.3 is 16.0 Å². The molecule has 3 heterocycles. The number of H-pyrrole nitrogens is 1. The summed E-state index contributed by atoms with van der Waals surface area (Å²) in [6.45, 7) is 13.9. The normalized spacial score (nSPS) is 10.7. The van der Waals surface area contributed by atoms with Gasteiger partial charge in [-0.2, -0.15) is 15.8 Å². The number of hydrogen-bond acceptors (Lipinski definition) is 14. The fourth-order valence-electron chi connectivity index (χ4n) is 4.84. The molecule has 22 heteroatoms. The van der Waals surface area contributed by atoms with Gasteiger partial charge in [0.1, 0.15) is 23.8 Å². The first-order chi connectivity index (χ1) is 28.9. The first-order valence-electron chi connectivity index (χ1n) is 17.7. The molecular weight excluding hydrogens is 888 g/mol. The van der Waals surface area contributed by atoms with Crippen molar-refractivity contribution >= 4 is 102 Å². The standard InChI is InChI=1S/C15H15ClN4O2.C10H3Cl2N3O2.C10H4ClN3O3.C5H13N/c1-15(2,3)8-19-13-9(6-17)7-18-14-11(13)4-10(20(21)22)5-12(14)16;11-8-2-6(15(16)17)1-7-9(12)5(3-13)4-14-10(7)8;11-8-2-6(14(16)17)1-7-9(8)13-4-5(3-12)10(7)15;1-5(2,3)4-6/h4-5,7H,8H2,1-3H3,(H,18,19);1-2,4H;1-2,4H,(H,13,15);4,6H2,1-3H3. The van der Waals surface area contributed by atoms with Crippen LogP contribution in [0.3, 0.4) is 0 Å². The van der Waals surface area contributed by atoms with Crippen molar-refractivity contribution in [2.45, 2.75) is 41.5 Å². The van der Waals surface area contributed by atoms with E-state index in [0.29, 0.717) is 45.0 Å². The molecule has 0 aliphatic heterocycles. The van der Waals surface area contributed by atoms with Crippen molar-refractivity contribution in [3.8, 4) is 18.2 Å². The molecule has 3 aromatic heterocycles. The first-order valence-corrected chi connectivity index (χ1v) is 19.2. The van der Waals surface area contributed by atoms with Gasteiger partial charge in [-0.1, -0.05) is 87.9 Å². The molecule has 0 aliphatic rings. The lowest BCUT2D eigenvalue weighted by atomic mass is 9.96. The number of halogens is 4. The van der Waals surface area contributed by atoms with Crippen LogP contribution in [0.25, 0.3) is 32.7 Å². The zero-order valence-corrected chi connectivity index (χ0v) is 36.7. The smallest absolute Gasteiger partial charge is 0.271 e. The van der Waals surface area contributed by atoms with Gasteiger partial charge in [0.15, 0.2) is 0 Å². The number of aromatic amines is 1. The van der Waals surface area contributed by atoms with Crippen LogP contribution >= 0.6 is 46.4 Å². The number of anilines is 1. The van der Waals surface area contributed by atoms with E-state index in [4.69, 9.17) is 62.7 Å². The molecule has 0 atom stereocenters. The van der Waals surface area contributed by atoms with Crippen molar-refractivity contribution in [2.75, 3.05) is 18.4 Å². The minimum Gasteiger partial charge on any atom is -0.383 e. The van der Waals surface area contributed by atoms with Gasteiger partial charge in [0, 0.05) is 72.3 Å². The molecule has 0 spiro atoms. The van der Waals surface area contributed by atoms with Crippen LogP contribution in [0, 0.1) is 75.2 Å². The van der Waals surface area contributed by atoms with E-state index in [0.717, 1.165) is 18.7 Å². The summed E-state index contributed by atoms with van der Waals surface area (Å²) in [5.74, 6) is 0. The van der Waals surface area contributed by atoms with E-state index < -0.39 is 20.2 Å². The molecule has 0 saturated heterocycles. The predicted molar refractivity (Wildman–Crippen MR) is 239 cm³/mol. The highest BCUT2D eigenvalue weighted by Crippen LogP contribution is 2.35. The highest BCUT2D eigenvalue weighted by Gasteiger charge is 2.20. The van der Waals surface area contributed by atoms with Crippen LogP contribution in [0.5, 0.6) is 0 Å². The molecule has 320 valence electrons. The number of nitrogens with one attached hydrogen (secondary N) is 2. The molecule has 0 amide bonds. The molecule has 6 aromatic rings. The van der Waals surface area contributed by atoms with E-state index >= 15 is 0 Å². The molecule has 0 saturated carbocycles. The van der Waals surface area contributed by atoms with Gasteiger partial charge in [-0.25, -0.2) is 0 Å². The Kier molecular flexibility index (Phi) is 16.6. The Bertz CT molecular complexity index is 2930. The Morgan fingerprint density at radius 1 is 0.677 bits per heavy atom.